The first-order valence-electron chi connectivity index (χ1n) is 11.1. The summed E-state index contributed by atoms with van der Waals surface area (Å²) in [6, 6.07) is 15.0. The molecule has 0 unspecified atom stereocenters. The van der Waals surface area contributed by atoms with Gasteiger partial charge in [-0.1, -0.05) is 25.1 Å². The summed E-state index contributed by atoms with van der Waals surface area (Å²) in [5, 5.41) is 3.45. The Bertz CT molecular complexity index is 1210. The highest BCUT2D eigenvalue weighted by Gasteiger charge is 2.24. The first kappa shape index (κ1) is 23.4. The monoisotopic (exact) mass is 484 g/mol. The molecule has 33 heavy (non-hydrogen) atoms. The molecule has 1 amide bonds. The number of thiazole rings is 1. The number of carbonyl (C=O) groups excluding carboxylic acids is 1. The fraction of sp³-hybridized carbons (Fsp3) is 0.333. The van der Waals surface area contributed by atoms with Gasteiger partial charge in [0.05, 0.1) is 16.3 Å². The quantitative estimate of drug-likeness (QED) is 0.513. The van der Waals surface area contributed by atoms with Crippen LogP contribution in [0.3, 0.4) is 0 Å². The van der Waals surface area contributed by atoms with Gasteiger partial charge in [-0.2, -0.15) is 0 Å². The van der Waals surface area contributed by atoms with E-state index in [4.69, 9.17) is 0 Å². The van der Waals surface area contributed by atoms with Crippen molar-refractivity contribution in [1.82, 2.24) is 9.88 Å². The van der Waals surface area contributed by atoms with E-state index in [1.165, 1.54) is 44.8 Å². The highest BCUT2D eigenvalue weighted by Crippen LogP contribution is 2.29. The maximum absolute atomic E-state index is 13.1. The van der Waals surface area contributed by atoms with Gasteiger partial charge >= 0.3 is 0 Å². The van der Waals surface area contributed by atoms with Crippen molar-refractivity contribution in [2.45, 2.75) is 38.1 Å². The zero-order chi connectivity index (χ0) is 23.4. The van der Waals surface area contributed by atoms with Crippen molar-refractivity contribution < 1.29 is 13.2 Å². The summed E-state index contributed by atoms with van der Waals surface area (Å²) in [5.41, 5.74) is 2.05. The van der Waals surface area contributed by atoms with Gasteiger partial charge in [0.2, 0.25) is 0 Å². The van der Waals surface area contributed by atoms with Crippen molar-refractivity contribution in [2.24, 2.45) is 0 Å². The summed E-state index contributed by atoms with van der Waals surface area (Å²) >= 11 is 1.51. The van der Waals surface area contributed by atoms with Crippen molar-refractivity contribution in [3.63, 3.8) is 0 Å². The molecule has 1 aliphatic heterocycles. The standard InChI is InChI=1S/C24H28N4O3S2/c1-3-15-27-16-14-21-22(17-27)32-24(25-21)26-23(29)18-10-12-20(13-11-18)33(30,31)28(4-2)19-8-6-5-7-9-19/h5-13H,3-4,14-17H2,1-2H3,(H,25,26,29). The van der Waals surface area contributed by atoms with Crippen molar-refractivity contribution in [2.75, 3.05) is 29.3 Å². The Morgan fingerprint density at radius 3 is 2.52 bits per heavy atom. The number of carbonyl (C=O) groups is 1. The number of benzene rings is 2. The summed E-state index contributed by atoms with van der Waals surface area (Å²) in [6.07, 6.45) is 2.01. The Balaban J connectivity index is 1.47. The van der Waals surface area contributed by atoms with E-state index in [1.807, 2.05) is 6.07 Å². The molecule has 174 valence electrons. The van der Waals surface area contributed by atoms with Crippen LogP contribution in [0, 0.1) is 0 Å². The fourth-order valence-corrected chi connectivity index (χ4v) is 6.49. The third kappa shape index (κ3) is 5.10. The second kappa shape index (κ2) is 10.0. The first-order valence-corrected chi connectivity index (χ1v) is 13.4. The minimum Gasteiger partial charge on any atom is -0.298 e. The maximum Gasteiger partial charge on any atom is 0.264 e. The average Bonchev–Trinajstić information content (AvgIpc) is 3.22. The van der Waals surface area contributed by atoms with Gasteiger partial charge in [0.15, 0.2) is 5.13 Å². The lowest BCUT2D eigenvalue weighted by Crippen LogP contribution is -2.30. The molecule has 0 saturated heterocycles. The van der Waals surface area contributed by atoms with E-state index in [0.717, 1.165) is 38.2 Å². The Kier molecular flexibility index (Phi) is 7.11. The van der Waals surface area contributed by atoms with Crippen molar-refractivity contribution >= 4 is 38.1 Å². The van der Waals surface area contributed by atoms with Gasteiger partial charge in [-0.15, -0.1) is 11.3 Å². The van der Waals surface area contributed by atoms with Gasteiger partial charge in [0, 0.05) is 36.5 Å². The largest absolute Gasteiger partial charge is 0.298 e. The molecule has 0 radical (unpaired) electrons. The Morgan fingerprint density at radius 2 is 1.85 bits per heavy atom. The van der Waals surface area contributed by atoms with Crippen LogP contribution in [0.5, 0.6) is 0 Å². The Labute approximate surface area is 199 Å². The molecule has 1 aromatic heterocycles. The van der Waals surface area contributed by atoms with Gasteiger partial charge < -0.3 is 0 Å². The molecule has 0 atom stereocenters. The minimum atomic E-state index is -3.73. The zero-order valence-corrected chi connectivity index (χ0v) is 20.5. The number of hydrogen-bond donors (Lipinski definition) is 1. The number of rotatable bonds is 8. The number of aromatic nitrogens is 1. The molecular formula is C24H28N4O3S2. The molecule has 4 rings (SSSR count). The van der Waals surface area contributed by atoms with E-state index in [-0.39, 0.29) is 10.8 Å². The molecule has 1 aliphatic rings. The van der Waals surface area contributed by atoms with Crippen LogP contribution in [0.25, 0.3) is 0 Å². The lowest BCUT2D eigenvalue weighted by atomic mass is 10.2. The molecule has 0 aliphatic carbocycles. The third-order valence-corrected chi connectivity index (χ3v) is 8.52. The van der Waals surface area contributed by atoms with Crippen LogP contribution in [0.15, 0.2) is 59.5 Å². The Morgan fingerprint density at radius 1 is 1.12 bits per heavy atom. The normalized spacial score (nSPS) is 14.0. The minimum absolute atomic E-state index is 0.144. The number of para-hydroxylation sites is 1. The smallest absolute Gasteiger partial charge is 0.264 e. The summed E-state index contributed by atoms with van der Waals surface area (Å²) < 4.78 is 27.6. The van der Waals surface area contributed by atoms with Gasteiger partial charge in [0.25, 0.3) is 15.9 Å². The molecule has 0 saturated carbocycles. The second-order valence-corrected chi connectivity index (χ2v) is 10.8. The van der Waals surface area contributed by atoms with Crippen LogP contribution in [-0.2, 0) is 23.0 Å². The molecule has 0 fully saturated rings. The molecule has 2 heterocycles. The summed E-state index contributed by atoms with van der Waals surface area (Å²) in [7, 11) is -3.73. The SMILES string of the molecule is CCCN1CCc2nc(NC(=O)c3ccc(S(=O)(=O)N(CC)c4ccccc4)cc3)sc2C1. The molecule has 7 nitrogen and oxygen atoms in total. The lowest BCUT2D eigenvalue weighted by Gasteiger charge is -2.24. The number of anilines is 2. The second-order valence-electron chi connectivity index (χ2n) is 7.90. The van der Waals surface area contributed by atoms with Crippen LogP contribution >= 0.6 is 11.3 Å². The van der Waals surface area contributed by atoms with Crippen molar-refractivity contribution in [3.8, 4) is 0 Å². The summed E-state index contributed by atoms with van der Waals surface area (Å²) in [4.78, 5) is 21.1. The summed E-state index contributed by atoms with van der Waals surface area (Å²) in [6.45, 7) is 7.20. The molecule has 1 N–H and O–H groups in total. The molecule has 0 spiro atoms. The molecule has 3 aromatic rings. The van der Waals surface area contributed by atoms with E-state index < -0.39 is 10.0 Å². The van der Waals surface area contributed by atoms with E-state index in [9.17, 15) is 13.2 Å². The van der Waals surface area contributed by atoms with E-state index in [2.05, 4.69) is 22.1 Å². The predicted octanol–water partition coefficient (Wildman–Crippen LogP) is 4.38. The van der Waals surface area contributed by atoms with Gasteiger partial charge in [-0.3, -0.25) is 19.3 Å². The molecular weight excluding hydrogens is 456 g/mol. The van der Waals surface area contributed by atoms with E-state index in [1.54, 1.807) is 31.2 Å². The topological polar surface area (TPSA) is 82.6 Å². The van der Waals surface area contributed by atoms with Crippen molar-refractivity contribution in [1.29, 1.82) is 0 Å². The number of nitrogens with one attached hydrogen (secondary N) is 1. The van der Waals surface area contributed by atoms with Crippen LogP contribution in [0.2, 0.25) is 0 Å². The lowest BCUT2D eigenvalue weighted by molar-refractivity contribution is 0.102. The van der Waals surface area contributed by atoms with Gasteiger partial charge in [-0.25, -0.2) is 13.4 Å². The average molecular weight is 485 g/mol. The van der Waals surface area contributed by atoms with Crippen molar-refractivity contribution in [3.05, 3.63) is 70.7 Å². The maximum atomic E-state index is 13.1. The van der Waals surface area contributed by atoms with Crippen LogP contribution < -0.4 is 9.62 Å². The van der Waals surface area contributed by atoms with Gasteiger partial charge in [-0.05, 0) is 56.3 Å². The summed E-state index contributed by atoms with van der Waals surface area (Å²) in [5.74, 6) is -0.300. The molecule has 0 bridgehead atoms. The van der Waals surface area contributed by atoms with Crippen LogP contribution in [0.1, 0.15) is 41.2 Å². The first-order chi connectivity index (χ1) is 15.9. The third-order valence-electron chi connectivity index (χ3n) is 5.61. The van der Waals surface area contributed by atoms with Crippen LogP contribution in [-0.4, -0.2) is 43.8 Å². The highest BCUT2D eigenvalue weighted by atomic mass is 32.2. The molecule has 9 heteroatoms. The van der Waals surface area contributed by atoms with E-state index in [0.29, 0.717) is 22.9 Å². The highest BCUT2D eigenvalue weighted by molar-refractivity contribution is 7.92. The number of nitrogens with zero attached hydrogens (tertiary/aromatic N) is 3. The zero-order valence-electron chi connectivity index (χ0n) is 18.8. The van der Waals surface area contributed by atoms with Gasteiger partial charge in [0.1, 0.15) is 0 Å². The van der Waals surface area contributed by atoms with E-state index >= 15 is 0 Å². The Hall–Kier alpha value is -2.75. The molecule has 2 aromatic carbocycles. The number of fused-ring (bicyclic) bond motifs is 1. The number of amides is 1. The van der Waals surface area contributed by atoms with Crippen LogP contribution in [0.4, 0.5) is 10.8 Å². The number of sulfonamides is 1. The fourth-order valence-electron chi connectivity index (χ4n) is 3.97. The predicted molar refractivity (Wildman–Crippen MR) is 132 cm³/mol. The number of hydrogen-bond acceptors (Lipinski definition) is 6.